The number of thioether (sulfide) groups is 7. The minimum atomic E-state index is 1.27. The largest absolute Gasteiger partial charge is 0.121 e. The molecule has 8 heteroatoms. The SMILES string of the molecule is CSC1=C(SC)SC(=C2SC=C(SCCCCCI)S2)S1. The Morgan fingerprint density at radius 1 is 0.952 bits per heavy atom. The lowest BCUT2D eigenvalue weighted by atomic mass is 10.3. The summed E-state index contributed by atoms with van der Waals surface area (Å²) >= 11 is 16.1. The molecular weight excluding hydrogens is 508 g/mol. The van der Waals surface area contributed by atoms with E-state index >= 15 is 0 Å². The van der Waals surface area contributed by atoms with Crippen molar-refractivity contribution in [3.63, 3.8) is 0 Å². The van der Waals surface area contributed by atoms with Crippen LogP contribution in [0.1, 0.15) is 19.3 Å². The smallest absolute Gasteiger partial charge is 0.0717 e. The van der Waals surface area contributed by atoms with Gasteiger partial charge >= 0.3 is 0 Å². The van der Waals surface area contributed by atoms with Gasteiger partial charge in [0.2, 0.25) is 0 Å². The van der Waals surface area contributed by atoms with Crippen molar-refractivity contribution >= 4 is 105 Å². The summed E-state index contributed by atoms with van der Waals surface area (Å²) in [5.41, 5.74) is 0. The minimum Gasteiger partial charge on any atom is -0.121 e. The van der Waals surface area contributed by atoms with Gasteiger partial charge < -0.3 is 0 Å². The van der Waals surface area contributed by atoms with E-state index in [0.717, 1.165) is 0 Å². The molecule has 0 nitrogen and oxygen atoms in total. The van der Waals surface area contributed by atoms with Gasteiger partial charge in [0.25, 0.3) is 0 Å². The van der Waals surface area contributed by atoms with Gasteiger partial charge in [0.05, 0.1) is 21.2 Å². The zero-order valence-electron chi connectivity index (χ0n) is 11.8. The highest BCUT2D eigenvalue weighted by molar-refractivity contribution is 14.1. The molecule has 0 aliphatic carbocycles. The van der Waals surface area contributed by atoms with E-state index in [2.05, 4.69) is 40.5 Å². The third-order valence-electron chi connectivity index (χ3n) is 2.55. The van der Waals surface area contributed by atoms with Crippen LogP contribution in [0.5, 0.6) is 0 Å². The average molecular weight is 525 g/mol. The molecule has 0 atom stereocenters. The Labute approximate surface area is 171 Å². The van der Waals surface area contributed by atoms with Gasteiger partial charge in [-0.3, -0.25) is 0 Å². The number of hydrogen-bond donors (Lipinski definition) is 0. The van der Waals surface area contributed by atoms with Crippen LogP contribution in [-0.2, 0) is 0 Å². The van der Waals surface area contributed by atoms with Crippen molar-refractivity contribution in [2.24, 2.45) is 0 Å². The van der Waals surface area contributed by atoms with Gasteiger partial charge in [-0.25, -0.2) is 0 Å². The van der Waals surface area contributed by atoms with E-state index in [1.807, 2.05) is 82.3 Å². The topological polar surface area (TPSA) is 0 Å². The Morgan fingerprint density at radius 2 is 1.67 bits per heavy atom. The Bertz CT molecular complexity index is 437. The van der Waals surface area contributed by atoms with E-state index in [1.54, 1.807) is 0 Å². The fourth-order valence-electron chi connectivity index (χ4n) is 1.55. The zero-order valence-corrected chi connectivity index (χ0v) is 19.7. The van der Waals surface area contributed by atoms with Gasteiger partial charge in [-0.1, -0.05) is 76.1 Å². The van der Waals surface area contributed by atoms with Crippen molar-refractivity contribution in [2.75, 3.05) is 22.7 Å². The van der Waals surface area contributed by atoms with Gasteiger partial charge in [0.15, 0.2) is 0 Å². The van der Waals surface area contributed by atoms with Gasteiger partial charge in [-0.2, -0.15) is 0 Å². The van der Waals surface area contributed by atoms with Gasteiger partial charge in [-0.05, 0) is 40.9 Å². The Morgan fingerprint density at radius 3 is 2.29 bits per heavy atom. The predicted octanol–water partition coefficient (Wildman–Crippen LogP) is 8.06. The Kier molecular flexibility index (Phi) is 10.4. The second-order valence-electron chi connectivity index (χ2n) is 4.02. The summed E-state index contributed by atoms with van der Waals surface area (Å²) in [7, 11) is 0. The molecule has 2 aliphatic rings. The first-order chi connectivity index (χ1) is 10.3. The lowest BCUT2D eigenvalue weighted by Gasteiger charge is -2.03. The van der Waals surface area contributed by atoms with Crippen LogP contribution in [0, 0.1) is 0 Å². The van der Waals surface area contributed by atoms with Gasteiger partial charge in [0.1, 0.15) is 0 Å². The lowest BCUT2D eigenvalue weighted by molar-refractivity contribution is 0.793. The summed E-state index contributed by atoms with van der Waals surface area (Å²) in [6.07, 6.45) is 8.44. The lowest BCUT2D eigenvalue weighted by Crippen LogP contribution is -1.81. The summed E-state index contributed by atoms with van der Waals surface area (Å²) < 4.78 is 8.68. The van der Waals surface area contributed by atoms with Crippen LogP contribution in [0.4, 0.5) is 0 Å². The molecule has 0 saturated carbocycles. The molecule has 0 saturated heterocycles. The van der Waals surface area contributed by atoms with Crippen LogP contribution in [-0.4, -0.2) is 22.7 Å². The van der Waals surface area contributed by atoms with Crippen molar-refractivity contribution < 1.29 is 0 Å². The van der Waals surface area contributed by atoms with Crippen molar-refractivity contribution in [1.29, 1.82) is 0 Å². The Balaban J connectivity index is 1.78. The molecule has 0 aromatic rings. The molecule has 21 heavy (non-hydrogen) atoms. The number of alkyl halides is 1. The van der Waals surface area contributed by atoms with Crippen LogP contribution in [0.2, 0.25) is 0 Å². The molecule has 0 amide bonds. The standard InChI is InChI=1S/C13H17IS7/c1-15-10-11(16-2)21-13(20-10)12-18-8-9(19-12)17-7-5-3-4-6-14/h8H,3-7H2,1-2H3. The summed E-state index contributed by atoms with van der Waals surface area (Å²) in [6.45, 7) is 0. The fraction of sp³-hybridized carbons (Fsp3) is 0.538. The second kappa shape index (κ2) is 11.1. The van der Waals surface area contributed by atoms with E-state index in [4.69, 9.17) is 0 Å². The van der Waals surface area contributed by atoms with Crippen LogP contribution in [0.25, 0.3) is 0 Å². The van der Waals surface area contributed by atoms with Crippen molar-refractivity contribution in [1.82, 2.24) is 0 Å². The number of unbranched alkanes of at least 4 members (excludes halogenated alkanes) is 2. The van der Waals surface area contributed by atoms with E-state index in [0.29, 0.717) is 0 Å². The van der Waals surface area contributed by atoms with Crippen molar-refractivity contribution in [3.05, 3.63) is 26.6 Å². The van der Waals surface area contributed by atoms with Crippen LogP contribution < -0.4 is 0 Å². The summed E-state index contributed by atoms with van der Waals surface area (Å²) in [4.78, 5) is 0. The first-order valence-electron chi connectivity index (χ1n) is 6.44. The first kappa shape index (κ1) is 19.7. The number of halogens is 1. The van der Waals surface area contributed by atoms with Crippen molar-refractivity contribution in [2.45, 2.75) is 19.3 Å². The molecule has 0 bridgehead atoms. The highest BCUT2D eigenvalue weighted by Gasteiger charge is 2.26. The molecule has 2 rings (SSSR count). The monoisotopic (exact) mass is 524 g/mol. The summed E-state index contributed by atoms with van der Waals surface area (Å²) in [5.74, 6) is 1.27. The minimum absolute atomic E-state index is 1.27. The highest BCUT2D eigenvalue weighted by atomic mass is 127. The molecule has 0 radical (unpaired) electrons. The predicted molar refractivity (Wildman–Crippen MR) is 125 cm³/mol. The number of hydrogen-bond acceptors (Lipinski definition) is 7. The average Bonchev–Trinajstić information content (AvgIpc) is 3.12. The van der Waals surface area contributed by atoms with Crippen molar-refractivity contribution in [3.8, 4) is 0 Å². The molecule has 0 spiro atoms. The van der Waals surface area contributed by atoms with E-state index in [1.165, 1.54) is 50.6 Å². The third kappa shape index (κ3) is 6.32. The van der Waals surface area contributed by atoms with Crippen LogP contribution in [0.15, 0.2) is 26.6 Å². The normalized spacial score (nSPS) is 18.9. The quantitative estimate of drug-likeness (QED) is 0.177. The molecular formula is C13H17IS7. The zero-order chi connectivity index (χ0) is 15.1. The summed E-state index contributed by atoms with van der Waals surface area (Å²) in [6, 6.07) is 0. The molecule has 118 valence electrons. The molecule has 2 aliphatic heterocycles. The third-order valence-corrected chi connectivity index (χ3v) is 12.9. The van der Waals surface area contributed by atoms with Gasteiger partial charge in [-0.15, -0.1) is 35.3 Å². The summed E-state index contributed by atoms with van der Waals surface area (Å²) in [5, 5.41) is 2.34. The van der Waals surface area contributed by atoms with Gasteiger partial charge in [0, 0.05) is 0 Å². The van der Waals surface area contributed by atoms with E-state index in [-0.39, 0.29) is 0 Å². The molecule has 0 unspecified atom stereocenters. The molecule has 0 N–H and O–H groups in total. The molecule has 0 aromatic carbocycles. The van der Waals surface area contributed by atoms with E-state index < -0.39 is 0 Å². The molecule has 2 heterocycles. The Hall–Kier alpha value is 2.40. The maximum atomic E-state index is 2.47. The second-order valence-corrected chi connectivity index (χ2v) is 13.1. The fourth-order valence-corrected chi connectivity index (χ4v) is 11.1. The number of rotatable bonds is 8. The molecule has 0 aromatic heterocycles. The molecule has 0 fully saturated rings. The van der Waals surface area contributed by atoms with E-state index in [9.17, 15) is 0 Å². The first-order valence-corrected chi connectivity index (χ1v) is 14.7. The maximum Gasteiger partial charge on any atom is 0.0717 e. The van der Waals surface area contributed by atoms with Crippen LogP contribution >= 0.6 is 105 Å². The maximum absolute atomic E-state index is 2.47. The van der Waals surface area contributed by atoms with Crippen LogP contribution in [0.3, 0.4) is 0 Å². The highest BCUT2D eigenvalue weighted by Crippen LogP contribution is 2.62.